The second-order valence-electron chi connectivity index (χ2n) is 18.1. The molecule has 0 aliphatic heterocycles. The van der Waals surface area contributed by atoms with E-state index in [1.807, 2.05) is 0 Å². The van der Waals surface area contributed by atoms with Gasteiger partial charge in [0.2, 0.25) is 0 Å². The Kier molecular flexibility index (Phi) is 14.5. The molecule has 4 rings (SSSR count). The van der Waals surface area contributed by atoms with Crippen molar-refractivity contribution in [3.63, 3.8) is 0 Å². The van der Waals surface area contributed by atoms with Crippen LogP contribution in [0.15, 0.2) is 11.6 Å². The summed E-state index contributed by atoms with van der Waals surface area (Å²) in [5, 5.41) is 0. The Labute approximate surface area is 281 Å². The van der Waals surface area contributed by atoms with E-state index in [1.54, 1.807) is 5.57 Å². The molecular formula is C43H76O2. The van der Waals surface area contributed by atoms with Crippen LogP contribution in [0.3, 0.4) is 0 Å². The van der Waals surface area contributed by atoms with Crippen molar-refractivity contribution in [3.8, 4) is 0 Å². The molecular weight excluding hydrogens is 548 g/mol. The second-order valence-corrected chi connectivity index (χ2v) is 18.1. The number of hydrogen-bond donors (Lipinski definition) is 0. The van der Waals surface area contributed by atoms with Gasteiger partial charge in [-0.15, -0.1) is 0 Å². The fraction of sp³-hybridized carbons (Fsp3) is 0.930. The molecule has 0 aromatic rings. The zero-order valence-electron chi connectivity index (χ0n) is 31.3. The van der Waals surface area contributed by atoms with E-state index >= 15 is 0 Å². The first kappa shape index (κ1) is 37.0. The topological polar surface area (TPSA) is 26.3 Å². The molecule has 0 heterocycles. The van der Waals surface area contributed by atoms with E-state index < -0.39 is 0 Å². The van der Waals surface area contributed by atoms with Crippen molar-refractivity contribution < 1.29 is 9.53 Å². The summed E-state index contributed by atoms with van der Waals surface area (Å²) < 4.78 is 6.12. The zero-order chi connectivity index (χ0) is 32.5. The van der Waals surface area contributed by atoms with E-state index in [1.165, 1.54) is 122 Å². The molecule has 0 spiro atoms. The maximum absolute atomic E-state index is 12.8. The van der Waals surface area contributed by atoms with Crippen LogP contribution >= 0.6 is 0 Å². The largest absolute Gasteiger partial charge is 0.462 e. The third kappa shape index (κ3) is 9.87. The number of allylic oxidation sites excluding steroid dienone is 1. The third-order valence-corrected chi connectivity index (χ3v) is 14.0. The van der Waals surface area contributed by atoms with Crippen molar-refractivity contribution >= 4 is 5.97 Å². The lowest BCUT2D eigenvalue weighted by Gasteiger charge is -2.58. The average molecular weight is 625 g/mol. The first-order chi connectivity index (χ1) is 21.5. The Hall–Kier alpha value is -0.790. The number of carbonyl (C=O) groups is 1. The van der Waals surface area contributed by atoms with E-state index in [-0.39, 0.29) is 12.1 Å². The molecule has 0 aromatic carbocycles. The number of unbranched alkanes of at least 4 members (excludes halogenated alkanes) is 9. The number of esters is 1. The van der Waals surface area contributed by atoms with Crippen LogP contribution in [0.2, 0.25) is 0 Å². The monoisotopic (exact) mass is 625 g/mol. The Morgan fingerprint density at radius 3 is 2.02 bits per heavy atom. The molecule has 3 saturated carbocycles. The van der Waals surface area contributed by atoms with E-state index in [4.69, 9.17) is 4.74 Å². The van der Waals surface area contributed by atoms with Gasteiger partial charge in [0.15, 0.2) is 0 Å². The maximum atomic E-state index is 12.8. The van der Waals surface area contributed by atoms with Crippen LogP contribution in [0, 0.1) is 52.3 Å². The van der Waals surface area contributed by atoms with Gasteiger partial charge in [0.1, 0.15) is 6.10 Å². The Bertz CT molecular complexity index is 917. The van der Waals surface area contributed by atoms with Crippen LogP contribution in [-0.4, -0.2) is 12.1 Å². The molecule has 2 nitrogen and oxygen atoms in total. The quantitative estimate of drug-likeness (QED) is 0.0812. The minimum Gasteiger partial charge on any atom is -0.462 e. The minimum absolute atomic E-state index is 0.0623. The van der Waals surface area contributed by atoms with Crippen LogP contribution in [0.5, 0.6) is 0 Å². The van der Waals surface area contributed by atoms with Gasteiger partial charge in [0, 0.05) is 12.8 Å². The van der Waals surface area contributed by atoms with Gasteiger partial charge < -0.3 is 4.74 Å². The first-order valence-corrected chi connectivity index (χ1v) is 20.4. The lowest BCUT2D eigenvalue weighted by molar-refractivity contribution is -0.151. The molecule has 4 aliphatic rings. The van der Waals surface area contributed by atoms with Gasteiger partial charge in [0.05, 0.1) is 0 Å². The molecule has 4 unspecified atom stereocenters. The molecule has 0 saturated heterocycles. The summed E-state index contributed by atoms with van der Waals surface area (Å²) in [7, 11) is 0. The number of hydrogen-bond acceptors (Lipinski definition) is 2. The molecule has 45 heavy (non-hydrogen) atoms. The summed E-state index contributed by atoms with van der Waals surface area (Å²) in [4.78, 5) is 12.8. The van der Waals surface area contributed by atoms with Gasteiger partial charge in [-0.05, 0) is 104 Å². The molecule has 0 aromatic heterocycles. The van der Waals surface area contributed by atoms with Crippen LogP contribution in [-0.2, 0) is 9.53 Å². The van der Waals surface area contributed by atoms with Gasteiger partial charge in [-0.3, -0.25) is 4.79 Å². The smallest absolute Gasteiger partial charge is 0.306 e. The Morgan fingerprint density at radius 1 is 0.733 bits per heavy atom. The molecule has 3 fully saturated rings. The molecule has 0 amide bonds. The highest BCUT2D eigenvalue weighted by molar-refractivity contribution is 5.69. The lowest BCUT2D eigenvalue weighted by atomic mass is 9.47. The first-order valence-electron chi connectivity index (χ1n) is 20.4. The summed E-state index contributed by atoms with van der Waals surface area (Å²) in [6, 6.07) is 0. The summed E-state index contributed by atoms with van der Waals surface area (Å²) in [6.45, 7) is 17.3. The molecule has 2 heteroatoms. The number of carbonyl (C=O) groups excluding carboxylic acids is 1. The zero-order valence-corrected chi connectivity index (χ0v) is 31.3. The highest BCUT2D eigenvalue weighted by atomic mass is 16.5. The Balaban J connectivity index is 1.15. The standard InChI is InChI=1S/C43H76O2/c1-32(2)19-16-14-12-10-8-9-11-13-15-17-22-41(44)45-36-27-29-42(6)35(31-36)23-24-37-39-26-25-38(34(5)21-18-20-33(3)4)43(39,7)30-28-40(37)42/h23,32-34,36-40H,8-22,24-31H2,1-7H3/t34-,36?,37?,38-,39?,40?,42+,43-/m1/s1. The van der Waals surface area contributed by atoms with E-state index in [0.29, 0.717) is 17.3 Å². The predicted molar refractivity (Wildman–Crippen MR) is 193 cm³/mol. The normalized spacial score (nSPS) is 33.4. The summed E-state index contributed by atoms with van der Waals surface area (Å²) in [5.41, 5.74) is 2.54. The lowest BCUT2D eigenvalue weighted by Crippen LogP contribution is -2.51. The summed E-state index contributed by atoms with van der Waals surface area (Å²) >= 11 is 0. The highest BCUT2D eigenvalue weighted by Gasteiger charge is 2.59. The van der Waals surface area contributed by atoms with Crippen molar-refractivity contribution in [1.82, 2.24) is 0 Å². The van der Waals surface area contributed by atoms with Crippen LogP contribution in [0.1, 0.15) is 196 Å². The molecule has 260 valence electrons. The third-order valence-electron chi connectivity index (χ3n) is 14.0. The molecule has 0 N–H and O–H groups in total. The summed E-state index contributed by atoms with van der Waals surface area (Å²) in [5.74, 6) is 6.20. The van der Waals surface area contributed by atoms with Gasteiger partial charge in [-0.25, -0.2) is 0 Å². The van der Waals surface area contributed by atoms with Crippen molar-refractivity contribution in [2.24, 2.45) is 52.3 Å². The summed E-state index contributed by atoms with van der Waals surface area (Å²) in [6.07, 6.45) is 32.5. The van der Waals surface area contributed by atoms with Crippen molar-refractivity contribution in [2.45, 2.75) is 202 Å². The fourth-order valence-corrected chi connectivity index (χ4v) is 11.2. The predicted octanol–water partition coefficient (Wildman–Crippen LogP) is 13.3. The number of ether oxygens (including phenoxy) is 1. The second kappa shape index (κ2) is 17.6. The van der Waals surface area contributed by atoms with Crippen molar-refractivity contribution in [1.29, 1.82) is 0 Å². The maximum Gasteiger partial charge on any atom is 0.306 e. The van der Waals surface area contributed by atoms with E-state index in [9.17, 15) is 4.79 Å². The van der Waals surface area contributed by atoms with Gasteiger partial charge in [-0.1, -0.05) is 144 Å². The minimum atomic E-state index is 0.0623. The average Bonchev–Trinajstić information content (AvgIpc) is 3.35. The van der Waals surface area contributed by atoms with Crippen LogP contribution in [0.4, 0.5) is 0 Å². The molecule has 4 aliphatic carbocycles. The fourth-order valence-electron chi connectivity index (χ4n) is 11.2. The van der Waals surface area contributed by atoms with Crippen molar-refractivity contribution in [2.75, 3.05) is 0 Å². The Morgan fingerprint density at radius 2 is 1.36 bits per heavy atom. The molecule has 8 atom stereocenters. The molecule has 0 radical (unpaired) electrons. The van der Waals surface area contributed by atoms with Gasteiger partial charge >= 0.3 is 5.97 Å². The van der Waals surface area contributed by atoms with E-state index in [0.717, 1.165) is 60.7 Å². The SMILES string of the molecule is CC(C)CCCCCCCCCCCCC(=O)OC1CC[C@@]2(C)C(=CCC3C2CC[C@@]2(C)C3CC[C@@H]2[C@H](C)CCCC(C)C)C1. The number of fused-ring (bicyclic) bond motifs is 5. The van der Waals surface area contributed by atoms with Gasteiger partial charge in [-0.2, -0.15) is 0 Å². The highest BCUT2D eigenvalue weighted by Crippen LogP contribution is 2.67. The van der Waals surface area contributed by atoms with Crippen molar-refractivity contribution in [3.05, 3.63) is 11.6 Å². The molecule has 0 bridgehead atoms. The van der Waals surface area contributed by atoms with Crippen LogP contribution in [0.25, 0.3) is 0 Å². The van der Waals surface area contributed by atoms with Crippen LogP contribution < -0.4 is 0 Å². The van der Waals surface area contributed by atoms with E-state index in [2.05, 4.69) is 54.5 Å². The number of rotatable bonds is 19. The van der Waals surface area contributed by atoms with Gasteiger partial charge in [0.25, 0.3) is 0 Å².